The molecule has 1 aromatic carbocycles. The van der Waals surface area contributed by atoms with Gasteiger partial charge in [-0.3, -0.25) is 4.79 Å². The van der Waals surface area contributed by atoms with Crippen molar-refractivity contribution in [3.8, 4) is 0 Å². The van der Waals surface area contributed by atoms with Crippen LogP contribution in [0, 0.1) is 18.6 Å². The van der Waals surface area contributed by atoms with E-state index in [1.165, 1.54) is 7.05 Å². The van der Waals surface area contributed by atoms with E-state index in [0.717, 1.165) is 12.1 Å². The molecule has 0 aliphatic carbocycles. The van der Waals surface area contributed by atoms with Crippen LogP contribution in [0.25, 0.3) is 0 Å². The van der Waals surface area contributed by atoms with Crippen molar-refractivity contribution in [2.75, 3.05) is 18.9 Å². The van der Waals surface area contributed by atoms with Crippen molar-refractivity contribution in [1.29, 1.82) is 0 Å². The van der Waals surface area contributed by atoms with Gasteiger partial charge in [0.2, 0.25) is 5.89 Å². The molecule has 0 unspecified atom stereocenters. The van der Waals surface area contributed by atoms with E-state index in [1.54, 1.807) is 6.92 Å². The second-order valence-corrected chi connectivity index (χ2v) is 4.30. The Hall–Kier alpha value is -2.51. The normalized spacial score (nSPS) is 10.5. The minimum absolute atomic E-state index is 0.0895. The number of nitrogens with zero attached hydrogens (tertiary/aromatic N) is 2. The van der Waals surface area contributed by atoms with Gasteiger partial charge in [-0.05, 0) is 12.1 Å². The minimum atomic E-state index is -0.823. The monoisotopic (exact) mass is 296 g/mol. The number of rotatable bonds is 5. The molecule has 0 atom stereocenters. The molecule has 0 spiro atoms. The number of hydrogen-bond donors (Lipinski definition) is 2. The molecule has 112 valence electrons. The summed E-state index contributed by atoms with van der Waals surface area (Å²) in [5, 5.41) is 8.59. The van der Waals surface area contributed by atoms with Gasteiger partial charge in [-0.15, -0.1) is 0 Å². The third kappa shape index (κ3) is 3.53. The number of aryl methyl sites for hydroxylation is 1. The van der Waals surface area contributed by atoms with Gasteiger partial charge in [-0.25, -0.2) is 8.78 Å². The Morgan fingerprint density at radius 3 is 2.52 bits per heavy atom. The Kier molecular flexibility index (Phi) is 4.46. The number of carbonyl (C=O) groups is 1. The summed E-state index contributed by atoms with van der Waals surface area (Å²) in [6.45, 7) is 1.89. The van der Waals surface area contributed by atoms with Gasteiger partial charge in [0, 0.05) is 32.5 Å². The summed E-state index contributed by atoms with van der Waals surface area (Å²) in [6.07, 6.45) is 0.364. The van der Waals surface area contributed by atoms with E-state index < -0.39 is 17.5 Å². The second-order valence-electron chi connectivity index (χ2n) is 4.30. The lowest BCUT2D eigenvalue weighted by Crippen LogP contribution is -2.26. The fourth-order valence-corrected chi connectivity index (χ4v) is 1.78. The third-order valence-electron chi connectivity index (χ3n) is 2.76. The molecule has 1 amide bonds. The van der Waals surface area contributed by atoms with Crippen molar-refractivity contribution in [2.24, 2.45) is 0 Å². The standard InChI is InChI=1S/C13H14F2N4O2/c1-7-18-11(19-21-7)3-4-17-13(20)8-5-9(14)12(16-2)10(15)6-8/h5-6,16H,3-4H2,1-2H3,(H,17,20). The number of amides is 1. The molecule has 2 N–H and O–H groups in total. The highest BCUT2D eigenvalue weighted by Gasteiger charge is 2.14. The van der Waals surface area contributed by atoms with Crippen LogP contribution in [-0.2, 0) is 6.42 Å². The molecular weight excluding hydrogens is 282 g/mol. The van der Waals surface area contributed by atoms with Crippen molar-refractivity contribution in [3.05, 3.63) is 41.0 Å². The van der Waals surface area contributed by atoms with E-state index in [0.29, 0.717) is 18.1 Å². The fourth-order valence-electron chi connectivity index (χ4n) is 1.78. The molecule has 0 saturated carbocycles. The Balaban J connectivity index is 1.97. The summed E-state index contributed by atoms with van der Waals surface area (Å²) in [5.41, 5.74) is -0.359. The molecule has 0 aliphatic rings. The molecule has 0 radical (unpaired) electrons. The minimum Gasteiger partial charge on any atom is -0.383 e. The quantitative estimate of drug-likeness (QED) is 0.877. The maximum atomic E-state index is 13.5. The summed E-state index contributed by atoms with van der Waals surface area (Å²) in [7, 11) is 1.40. The van der Waals surface area contributed by atoms with Gasteiger partial charge >= 0.3 is 0 Å². The summed E-state index contributed by atoms with van der Waals surface area (Å²) in [4.78, 5) is 15.8. The fraction of sp³-hybridized carbons (Fsp3) is 0.308. The lowest BCUT2D eigenvalue weighted by molar-refractivity contribution is 0.0953. The van der Waals surface area contributed by atoms with Crippen LogP contribution in [0.5, 0.6) is 0 Å². The van der Waals surface area contributed by atoms with Crippen molar-refractivity contribution < 1.29 is 18.1 Å². The van der Waals surface area contributed by atoms with Crippen molar-refractivity contribution in [3.63, 3.8) is 0 Å². The maximum absolute atomic E-state index is 13.5. The highest BCUT2D eigenvalue weighted by molar-refractivity contribution is 5.94. The second kappa shape index (κ2) is 6.29. The van der Waals surface area contributed by atoms with Crippen LogP contribution in [0.1, 0.15) is 22.1 Å². The maximum Gasteiger partial charge on any atom is 0.251 e. The van der Waals surface area contributed by atoms with Crippen LogP contribution in [0.15, 0.2) is 16.7 Å². The first-order valence-corrected chi connectivity index (χ1v) is 6.25. The summed E-state index contributed by atoms with van der Waals surface area (Å²) in [6, 6.07) is 1.95. The highest BCUT2D eigenvalue weighted by Crippen LogP contribution is 2.20. The van der Waals surface area contributed by atoms with E-state index >= 15 is 0 Å². The molecule has 0 aliphatic heterocycles. The van der Waals surface area contributed by atoms with Gasteiger partial charge < -0.3 is 15.2 Å². The van der Waals surface area contributed by atoms with E-state index in [2.05, 4.69) is 20.8 Å². The van der Waals surface area contributed by atoms with Gasteiger partial charge in [0.1, 0.15) is 17.3 Å². The molecule has 2 aromatic rings. The van der Waals surface area contributed by atoms with Crippen molar-refractivity contribution in [2.45, 2.75) is 13.3 Å². The molecule has 6 nitrogen and oxygen atoms in total. The number of aromatic nitrogens is 2. The molecule has 8 heteroatoms. The van der Waals surface area contributed by atoms with Gasteiger partial charge in [0.25, 0.3) is 5.91 Å². The number of carbonyl (C=O) groups excluding carboxylic acids is 1. The lowest BCUT2D eigenvalue weighted by Gasteiger charge is -2.08. The third-order valence-corrected chi connectivity index (χ3v) is 2.76. The molecule has 0 bridgehead atoms. The van der Waals surface area contributed by atoms with Crippen LogP contribution >= 0.6 is 0 Å². The van der Waals surface area contributed by atoms with E-state index in [1.807, 2.05) is 0 Å². The first kappa shape index (κ1) is 14.9. The van der Waals surface area contributed by atoms with Gasteiger partial charge in [0.05, 0.1) is 0 Å². The largest absolute Gasteiger partial charge is 0.383 e. The predicted octanol–water partition coefficient (Wildman–Crippen LogP) is 1.67. The number of halogens is 2. The average molecular weight is 296 g/mol. The molecule has 0 fully saturated rings. The van der Waals surface area contributed by atoms with Crippen LogP contribution in [0.2, 0.25) is 0 Å². The van der Waals surface area contributed by atoms with Crippen molar-refractivity contribution in [1.82, 2.24) is 15.5 Å². The van der Waals surface area contributed by atoms with Crippen LogP contribution < -0.4 is 10.6 Å². The Morgan fingerprint density at radius 2 is 2.00 bits per heavy atom. The van der Waals surface area contributed by atoms with E-state index in [4.69, 9.17) is 4.52 Å². The summed E-state index contributed by atoms with van der Waals surface area (Å²) < 4.78 is 31.9. The van der Waals surface area contributed by atoms with Crippen LogP contribution in [-0.4, -0.2) is 29.6 Å². The van der Waals surface area contributed by atoms with E-state index in [9.17, 15) is 13.6 Å². The molecule has 1 heterocycles. The Bertz CT molecular complexity index is 634. The zero-order valence-corrected chi connectivity index (χ0v) is 11.5. The summed E-state index contributed by atoms with van der Waals surface area (Å²) in [5.74, 6) is -1.33. The Labute approximate surface area is 119 Å². The molecule has 2 rings (SSSR count). The van der Waals surface area contributed by atoms with Crippen LogP contribution in [0.3, 0.4) is 0 Å². The zero-order chi connectivity index (χ0) is 15.4. The molecule has 1 aromatic heterocycles. The summed E-state index contributed by atoms with van der Waals surface area (Å²) >= 11 is 0. The first-order chi connectivity index (χ1) is 10.0. The first-order valence-electron chi connectivity index (χ1n) is 6.25. The average Bonchev–Trinajstić information content (AvgIpc) is 2.84. The lowest BCUT2D eigenvalue weighted by atomic mass is 10.1. The molecule has 0 saturated heterocycles. The highest BCUT2D eigenvalue weighted by atomic mass is 19.1. The number of anilines is 1. The number of benzene rings is 1. The van der Waals surface area contributed by atoms with E-state index in [-0.39, 0.29) is 17.8 Å². The topological polar surface area (TPSA) is 80.0 Å². The number of hydrogen-bond acceptors (Lipinski definition) is 5. The Morgan fingerprint density at radius 1 is 1.33 bits per heavy atom. The zero-order valence-electron chi connectivity index (χ0n) is 11.5. The van der Waals surface area contributed by atoms with Gasteiger partial charge in [-0.1, -0.05) is 5.16 Å². The van der Waals surface area contributed by atoms with Crippen molar-refractivity contribution >= 4 is 11.6 Å². The SMILES string of the molecule is CNc1c(F)cc(C(=O)NCCc2noc(C)n2)cc1F. The molecule has 21 heavy (non-hydrogen) atoms. The molecular formula is C13H14F2N4O2. The van der Waals surface area contributed by atoms with Crippen LogP contribution in [0.4, 0.5) is 14.5 Å². The number of nitrogens with one attached hydrogen (secondary N) is 2. The van der Waals surface area contributed by atoms with Gasteiger partial charge in [0.15, 0.2) is 5.82 Å². The smallest absolute Gasteiger partial charge is 0.251 e. The predicted molar refractivity (Wildman–Crippen MR) is 71.0 cm³/mol. The van der Waals surface area contributed by atoms with Gasteiger partial charge in [-0.2, -0.15) is 4.98 Å².